The second kappa shape index (κ2) is 8.82. The Kier molecular flexibility index (Phi) is 7.42. The Bertz CT molecular complexity index is 547. The molecule has 1 unspecified atom stereocenters. The van der Waals surface area contributed by atoms with Crippen molar-refractivity contribution < 1.29 is 23.1 Å². The standard InChI is InChI=1S/C16H19ClF3NO2/c1-2-3-4-5-6-7-14(15(22)23)21-13-9-11(16(18,19)20)8-12(17)10-13/h2,8-10,14,21H,1,3-7H2,(H,22,23). The van der Waals surface area contributed by atoms with Gasteiger partial charge in [-0.05, 0) is 37.5 Å². The molecule has 0 spiro atoms. The van der Waals surface area contributed by atoms with Crippen molar-refractivity contribution in [3.05, 3.63) is 41.4 Å². The average molecular weight is 350 g/mol. The van der Waals surface area contributed by atoms with E-state index in [1.165, 1.54) is 6.07 Å². The van der Waals surface area contributed by atoms with Crippen LogP contribution in [0.15, 0.2) is 30.9 Å². The van der Waals surface area contributed by atoms with Gasteiger partial charge in [0.2, 0.25) is 0 Å². The van der Waals surface area contributed by atoms with Crippen LogP contribution in [0.2, 0.25) is 5.02 Å². The molecule has 0 heterocycles. The summed E-state index contributed by atoms with van der Waals surface area (Å²) in [6, 6.07) is 1.99. The van der Waals surface area contributed by atoms with Gasteiger partial charge in [-0.25, -0.2) is 4.79 Å². The number of carboxylic acids is 1. The lowest BCUT2D eigenvalue weighted by Crippen LogP contribution is -2.29. The van der Waals surface area contributed by atoms with E-state index in [-0.39, 0.29) is 10.7 Å². The molecule has 2 N–H and O–H groups in total. The van der Waals surface area contributed by atoms with Crippen LogP contribution in [-0.2, 0) is 11.0 Å². The van der Waals surface area contributed by atoms with E-state index in [0.29, 0.717) is 12.8 Å². The van der Waals surface area contributed by atoms with Crippen LogP contribution in [-0.4, -0.2) is 17.1 Å². The van der Waals surface area contributed by atoms with E-state index in [1.54, 1.807) is 6.08 Å². The van der Waals surface area contributed by atoms with Gasteiger partial charge in [0.05, 0.1) is 5.56 Å². The molecule has 0 saturated carbocycles. The van der Waals surface area contributed by atoms with Crippen molar-refractivity contribution in [3.8, 4) is 0 Å². The summed E-state index contributed by atoms with van der Waals surface area (Å²) in [7, 11) is 0. The van der Waals surface area contributed by atoms with E-state index in [1.807, 2.05) is 0 Å². The topological polar surface area (TPSA) is 49.3 Å². The summed E-state index contributed by atoms with van der Waals surface area (Å²) >= 11 is 5.68. The third-order valence-corrected chi connectivity index (χ3v) is 3.48. The zero-order chi connectivity index (χ0) is 17.5. The lowest BCUT2D eigenvalue weighted by atomic mass is 10.1. The van der Waals surface area contributed by atoms with Gasteiger partial charge < -0.3 is 10.4 Å². The summed E-state index contributed by atoms with van der Waals surface area (Å²) in [4.78, 5) is 11.3. The first-order valence-electron chi connectivity index (χ1n) is 7.22. The van der Waals surface area contributed by atoms with E-state index in [9.17, 15) is 23.1 Å². The average Bonchev–Trinajstić information content (AvgIpc) is 2.44. The van der Waals surface area contributed by atoms with E-state index in [0.717, 1.165) is 31.4 Å². The zero-order valence-electron chi connectivity index (χ0n) is 12.5. The Morgan fingerprint density at radius 3 is 2.57 bits per heavy atom. The Morgan fingerprint density at radius 1 is 1.30 bits per heavy atom. The minimum Gasteiger partial charge on any atom is -0.480 e. The number of benzene rings is 1. The molecular weight excluding hydrogens is 331 g/mol. The quantitative estimate of drug-likeness (QED) is 0.466. The lowest BCUT2D eigenvalue weighted by Gasteiger charge is -2.17. The summed E-state index contributed by atoms with van der Waals surface area (Å²) < 4.78 is 38.3. The molecule has 0 bridgehead atoms. The number of unbranched alkanes of at least 4 members (excludes halogenated alkanes) is 3. The van der Waals surface area contributed by atoms with Gasteiger partial charge in [0.15, 0.2) is 0 Å². The van der Waals surface area contributed by atoms with Gasteiger partial charge in [0, 0.05) is 10.7 Å². The lowest BCUT2D eigenvalue weighted by molar-refractivity contribution is -0.138. The summed E-state index contributed by atoms with van der Waals surface area (Å²) in [5, 5.41) is 11.7. The second-order valence-corrected chi connectivity index (χ2v) is 5.62. The zero-order valence-corrected chi connectivity index (χ0v) is 13.3. The number of hydrogen-bond acceptors (Lipinski definition) is 2. The molecule has 0 aliphatic heterocycles. The Balaban J connectivity index is 2.74. The Morgan fingerprint density at radius 2 is 2.00 bits per heavy atom. The van der Waals surface area contributed by atoms with Crippen LogP contribution in [0.3, 0.4) is 0 Å². The van der Waals surface area contributed by atoms with E-state index in [4.69, 9.17) is 11.6 Å². The number of carbonyl (C=O) groups is 1. The molecule has 1 rings (SSSR count). The fraction of sp³-hybridized carbons (Fsp3) is 0.438. The van der Waals surface area contributed by atoms with Crippen molar-refractivity contribution in [2.24, 2.45) is 0 Å². The van der Waals surface area contributed by atoms with Crippen LogP contribution in [0.1, 0.15) is 37.7 Å². The maximum absolute atomic E-state index is 12.8. The van der Waals surface area contributed by atoms with E-state index >= 15 is 0 Å². The first kappa shape index (κ1) is 19.4. The fourth-order valence-electron chi connectivity index (χ4n) is 2.11. The molecular formula is C16H19ClF3NO2. The van der Waals surface area contributed by atoms with Crippen LogP contribution < -0.4 is 5.32 Å². The second-order valence-electron chi connectivity index (χ2n) is 5.19. The van der Waals surface area contributed by atoms with Crippen LogP contribution in [0.25, 0.3) is 0 Å². The highest BCUT2D eigenvalue weighted by molar-refractivity contribution is 6.31. The molecule has 1 atom stereocenters. The summed E-state index contributed by atoms with van der Waals surface area (Å²) in [5.41, 5.74) is -0.870. The predicted octanol–water partition coefficient (Wildman–Crippen LogP) is 5.36. The number of aliphatic carboxylic acids is 1. The van der Waals surface area contributed by atoms with Gasteiger partial charge in [0.25, 0.3) is 0 Å². The van der Waals surface area contributed by atoms with Gasteiger partial charge in [-0.3, -0.25) is 0 Å². The normalized spacial score (nSPS) is 12.7. The maximum Gasteiger partial charge on any atom is 0.416 e. The highest BCUT2D eigenvalue weighted by Gasteiger charge is 2.31. The highest BCUT2D eigenvalue weighted by Crippen LogP contribution is 2.33. The molecule has 1 aromatic rings. The third-order valence-electron chi connectivity index (χ3n) is 3.27. The molecule has 0 saturated heterocycles. The van der Waals surface area contributed by atoms with Crippen molar-refractivity contribution in [1.82, 2.24) is 0 Å². The van der Waals surface area contributed by atoms with Crippen LogP contribution in [0.5, 0.6) is 0 Å². The smallest absolute Gasteiger partial charge is 0.416 e. The number of halogens is 4. The van der Waals surface area contributed by atoms with Gasteiger partial charge in [-0.15, -0.1) is 6.58 Å². The number of alkyl halides is 3. The van der Waals surface area contributed by atoms with Crippen molar-refractivity contribution >= 4 is 23.3 Å². The monoisotopic (exact) mass is 349 g/mol. The molecule has 23 heavy (non-hydrogen) atoms. The first-order chi connectivity index (χ1) is 10.7. The van der Waals surface area contributed by atoms with Crippen LogP contribution in [0, 0.1) is 0 Å². The molecule has 1 aromatic carbocycles. The van der Waals surface area contributed by atoms with Crippen molar-refractivity contribution in [3.63, 3.8) is 0 Å². The van der Waals surface area contributed by atoms with Gasteiger partial charge in [-0.2, -0.15) is 13.2 Å². The number of hydrogen-bond donors (Lipinski definition) is 2. The van der Waals surface area contributed by atoms with Gasteiger partial charge in [-0.1, -0.05) is 30.5 Å². The molecule has 0 aliphatic rings. The molecule has 0 radical (unpaired) electrons. The fourth-order valence-corrected chi connectivity index (χ4v) is 2.34. The predicted molar refractivity (Wildman–Crippen MR) is 84.8 cm³/mol. The van der Waals surface area contributed by atoms with Crippen LogP contribution >= 0.6 is 11.6 Å². The summed E-state index contributed by atoms with van der Waals surface area (Å²) in [6.07, 6.45) is 0.827. The van der Waals surface area contributed by atoms with E-state index < -0.39 is 23.8 Å². The number of allylic oxidation sites excluding steroid dienone is 1. The number of anilines is 1. The number of rotatable bonds is 9. The molecule has 3 nitrogen and oxygen atoms in total. The minimum absolute atomic E-state index is 0.0447. The molecule has 0 amide bonds. The number of carboxylic acid groups (broad SMARTS) is 1. The third kappa shape index (κ3) is 6.95. The molecule has 0 aromatic heterocycles. The molecule has 0 aliphatic carbocycles. The maximum atomic E-state index is 12.8. The Labute approximate surface area is 138 Å². The summed E-state index contributed by atoms with van der Waals surface area (Å²) in [5.74, 6) is -1.11. The van der Waals surface area contributed by atoms with Crippen LogP contribution in [0.4, 0.5) is 18.9 Å². The van der Waals surface area contributed by atoms with Crippen molar-refractivity contribution in [2.45, 2.75) is 44.3 Å². The molecule has 7 heteroatoms. The van der Waals surface area contributed by atoms with E-state index in [2.05, 4.69) is 11.9 Å². The van der Waals surface area contributed by atoms with Gasteiger partial charge >= 0.3 is 12.1 Å². The van der Waals surface area contributed by atoms with Gasteiger partial charge in [0.1, 0.15) is 6.04 Å². The highest BCUT2D eigenvalue weighted by atomic mass is 35.5. The first-order valence-corrected chi connectivity index (χ1v) is 7.60. The molecule has 128 valence electrons. The van der Waals surface area contributed by atoms with Crippen molar-refractivity contribution in [2.75, 3.05) is 5.32 Å². The summed E-state index contributed by atoms with van der Waals surface area (Å²) in [6.45, 7) is 3.60. The largest absolute Gasteiger partial charge is 0.480 e. The van der Waals surface area contributed by atoms with Crippen molar-refractivity contribution in [1.29, 1.82) is 0 Å². The Hall–Kier alpha value is -1.69. The number of nitrogens with one attached hydrogen (secondary N) is 1. The minimum atomic E-state index is -4.54. The SMILES string of the molecule is C=CCCCCCC(Nc1cc(Cl)cc(C(F)(F)F)c1)C(=O)O. The molecule has 0 fully saturated rings.